The standard InChI is InChI=1S/C12H23NO/c1-13-7-6-12(9-13,10-14)8-11-4-2-3-5-11/h11,14H,2-10H2,1H3. The molecule has 14 heavy (non-hydrogen) atoms. The lowest BCUT2D eigenvalue weighted by molar-refractivity contribution is 0.104. The lowest BCUT2D eigenvalue weighted by atomic mass is 9.78. The minimum Gasteiger partial charge on any atom is -0.396 e. The summed E-state index contributed by atoms with van der Waals surface area (Å²) in [5.41, 5.74) is 0.254. The predicted octanol–water partition coefficient (Wildman–Crippen LogP) is 1.88. The lowest BCUT2D eigenvalue weighted by Crippen LogP contribution is -2.31. The van der Waals surface area contributed by atoms with E-state index in [2.05, 4.69) is 11.9 Å². The first-order valence-electron chi connectivity index (χ1n) is 6.03. The number of rotatable bonds is 3. The Hall–Kier alpha value is -0.0800. The molecule has 0 spiro atoms. The van der Waals surface area contributed by atoms with Gasteiger partial charge in [0.05, 0.1) is 0 Å². The van der Waals surface area contributed by atoms with Crippen LogP contribution in [-0.4, -0.2) is 36.8 Å². The van der Waals surface area contributed by atoms with Gasteiger partial charge in [-0.15, -0.1) is 0 Å². The molecule has 0 aromatic carbocycles. The van der Waals surface area contributed by atoms with Gasteiger partial charge in [0.1, 0.15) is 0 Å². The fourth-order valence-electron chi connectivity index (χ4n) is 3.35. The molecule has 2 heteroatoms. The number of aliphatic hydroxyl groups excluding tert-OH is 1. The summed E-state index contributed by atoms with van der Waals surface area (Å²) in [5.74, 6) is 0.911. The van der Waals surface area contributed by atoms with Crippen molar-refractivity contribution in [1.82, 2.24) is 4.90 Å². The van der Waals surface area contributed by atoms with Gasteiger partial charge >= 0.3 is 0 Å². The molecular weight excluding hydrogens is 174 g/mol. The van der Waals surface area contributed by atoms with Crippen LogP contribution >= 0.6 is 0 Å². The Morgan fingerprint density at radius 3 is 2.57 bits per heavy atom. The van der Waals surface area contributed by atoms with E-state index in [-0.39, 0.29) is 5.41 Å². The smallest absolute Gasteiger partial charge is 0.0500 e. The van der Waals surface area contributed by atoms with Crippen LogP contribution in [-0.2, 0) is 0 Å². The molecule has 0 aromatic rings. The van der Waals surface area contributed by atoms with Gasteiger partial charge in [-0.2, -0.15) is 0 Å². The van der Waals surface area contributed by atoms with Gasteiger partial charge in [0.2, 0.25) is 0 Å². The van der Waals surface area contributed by atoms with Crippen molar-refractivity contribution >= 4 is 0 Å². The van der Waals surface area contributed by atoms with Gasteiger partial charge in [0.25, 0.3) is 0 Å². The summed E-state index contributed by atoms with van der Waals surface area (Å²) in [4.78, 5) is 2.37. The highest BCUT2D eigenvalue weighted by Gasteiger charge is 2.38. The van der Waals surface area contributed by atoms with Crippen LogP contribution in [0.1, 0.15) is 38.5 Å². The molecule has 0 bridgehead atoms. The summed E-state index contributed by atoms with van der Waals surface area (Å²) in [6.07, 6.45) is 8.13. The van der Waals surface area contributed by atoms with E-state index in [0.29, 0.717) is 6.61 Å². The van der Waals surface area contributed by atoms with Gasteiger partial charge in [-0.3, -0.25) is 0 Å². The minimum absolute atomic E-state index is 0.254. The van der Waals surface area contributed by atoms with Gasteiger partial charge in [-0.1, -0.05) is 25.7 Å². The average molecular weight is 197 g/mol. The Bertz CT molecular complexity index is 189. The molecule has 1 unspecified atom stereocenters. The predicted molar refractivity (Wildman–Crippen MR) is 58.2 cm³/mol. The van der Waals surface area contributed by atoms with E-state index >= 15 is 0 Å². The van der Waals surface area contributed by atoms with Crippen molar-refractivity contribution in [2.75, 3.05) is 26.7 Å². The molecule has 0 aromatic heterocycles. The summed E-state index contributed by atoms with van der Waals surface area (Å²) in [6.45, 7) is 2.68. The highest BCUT2D eigenvalue weighted by Crippen LogP contribution is 2.40. The third-order valence-corrected chi connectivity index (χ3v) is 4.16. The average Bonchev–Trinajstić information content (AvgIpc) is 2.77. The van der Waals surface area contributed by atoms with Crippen LogP contribution in [0.15, 0.2) is 0 Å². The number of nitrogens with zero attached hydrogens (tertiary/aromatic N) is 1. The second kappa shape index (κ2) is 4.19. The zero-order chi connectivity index (χ0) is 10.0. The van der Waals surface area contributed by atoms with Crippen LogP contribution in [0.25, 0.3) is 0 Å². The van der Waals surface area contributed by atoms with E-state index in [4.69, 9.17) is 0 Å². The first-order chi connectivity index (χ1) is 6.74. The monoisotopic (exact) mass is 197 g/mol. The summed E-state index contributed by atoms with van der Waals surface area (Å²) in [5, 5.41) is 9.57. The van der Waals surface area contributed by atoms with Gasteiger partial charge in [-0.25, -0.2) is 0 Å². The molecule has 1 aliphatic heterocycles. The maximum absolute atomic E-state index is 9.57. The van der Waals surface area contributed by atoms with Crippen LogP contribution in [0.4, 0.5) is 0 Å². The summed E-state index contributed by atoms with van der Waals surface area (Å²) >= 11 is 0. The molecule has 0 amide bonds. The normalized spacial score (nSPS) is 35.6. The molecule has 1 atom stereocenters. The number of hydrogen-bond acceptors (Lipinski definition) is 2. The Morgan fingerprint density at radius 2 is 2.07 bits per heavy atom. The second-order valence-electron chi connectivity index (χ2n) is 5.50. The maximum Gasteiger partial charge on any atom is 0.0500 e. The Morgan fingerprint density at radius 1 is 1.36 bits per heavy atom. The third kappa shape index (κ3) is 2.12. The zero-order valence-electron chi connectivity index (χ0n) is 9.34. The molecule has 2 fully saturated rings. The van der Waals surface area contributed by atoms with Crippen molar-refractivity contribution in [2.45, 2.75) is 38.5 Å². The van der Waals surface area contributed by atoms with Crippen molar-refractivity contribution in [1.29, 1.82) is 0 Å². The highest BCUT2D eigenvalue weighted by molar-refractivity contribution is 4.90. The lowest BCUT2D eigenvalue weighted by Gasteiger charge is -2.29. The molecule has 2 nitrogen and oxygen atoms in total. The third-order valence-electron chi connectivity index (χ3n) is 4.16. The van der Waals surface area contributed by atoms with Crippen molar-refractivity contribution in [3.63, 3.8) is 0 Å². The van der Waals surface area contributed by atoms with Crippen LogP contribution < -0.4 is 0 Å². The largest absolute Gasteiger partial charge is 0.396 e. The van der Waals surface area contributed by atoms with Crippen molar-refractivity contribution in [2.24, 2.45) is 11.3 Å². The molecule has 82 valence electrons. The SMILES string of the molecule is CN1CCC(CO)(CC2CCCC2)C1. The van der Waals surface area contributed by atoms with Crippen molar-refractivity contribution < 1.29 is 5.11 Å². The van der Waals surface area contributed by atoms with E-state index in [1.54, 1.807) is 0 Å². The summed E-state index contributed by atoms with van der Waals surface area (Å²) in [7, 11) is 2.17. The minimum atomic E-state index is 0.254. The second-order valence-corrected chi connectivity index (χ2v) is 5.50. The number of likely N-dealkylation sites (tertiary alicyclic amines) is 1. The first kappa shape index (κ1) is 10.4. The van der Waals surface area contributed by atoms with Crippen LogP contribution in [0.2, 0.25) is 0 Å². The molecule has 1 heterocycles. The maximum atomic E-state index is 9.57. The van der Waals surface area contributed by atoms with E-state index < -0.39 is 0 Å². The van der Waals surface area contributed by atoms with Gasteiger partial charge in [0.15, 0.2) is 0 Å². The number of aliphatic hydroxyl groups is 1. The Kier molecular flexibility index (Phi) is 3.13. The fourth-order valence-corrected chi connectivity index (χ4v) is 3.35. The van der Waals surface area contributed by atoms with E-state index in [9.17, 15) is 5.11 Å². The molecule has 0 radical (unpaired) electrons. The molecule has 1 N–H and O–H groups in total. The molecule has 2 aliphatic rings. The molecule has 2 rings (SSSR count). The molecular formula is C12H23NO. The quantitative estimate of drug-likeness (QED) is 0.746. The molecule has 1 aliphatic carbocycles. The Labute approximate surface area is 87.3 Å². The van der Waals surface area contributed by atoms with Crippen LogP contribution in [0, 0.1) is 11.3 Å². The Balaban J connectivity index is 1.91. The number of hydrogen-bond donors (Lipinski definition) is 1. The van der Waals surface area contributed by atoms with Crippen molar-refractivity contribution in [3.05, 3.63) is 0 Å². The van der Waals surface area contributed by atoms with E-state index in [1.807, 2.05) is 0 Å². The van der Waals surface area contributed by atoms with Gasteiger partial charge in [0, 0.05) is 18.6 Å². The van der Waals surface area contributed by atoms with Crippen LogP contribution in [0.3, 0.4) is 0 Å². The fraction of sp³-hybridized carbons (Fsp3) is 1.00. The zero-order valence-corrected chi connectivity index (χ0v) is 9.34. The molecule has 1 saturated heterocycles. The molecule has 1 saturated carbocycles. The van der Waals surface area contributed by atoms with Crippen LogP contribution in [0.5, 0.6) is 0 Å². The summed E-state index contributed by atoms with van der Waals surface area (Å²) < 4.78 is 0. The topological polar surface area (TPSA) is 23.5 Å². The van der Waals surface area contributed by atoms with E-state index in [1.165, 1.54) is 45.1 Å². The summed E-state index contributed by atoms with van der Waals surface area (Å²) in [6, 6.07) is 0. The van der Waals surface area contributed by atoms with Gasteiger partial charge < -0.3 is 10.0 Å². The van der Waals surface area contributed by atoms with Crippen molar-refractivity contribution in [3.8, 4) is 0 Å². The highest BCUT2D eigenvalue weighted by atomic mass is 16.3. The van der Waals surface area contributed by atoms with E-state index in [0.717, 1.165) is 12.5 Å². The van der Waals surface area contributed by atoms with Gasteiger partial charge in [-0.05, 0) is 32.4 Å². The first-order valence-corrected chi connectivity index (χ1v) is 6.03.